The van der Waals surface area contributed by atoms with Crippen LogP contribution in [0.1, 0.15) is 17.5 Å². The van der Waals surface area contributed by atoms with Crippen LogP contribution in [0.4, 0.5) is 5.69 Å². The zero-order valence-electron chi connectivity index (χ0n) is 13.3. The normalized spacial score (nSPS) is 10.8. The van der Waals surface area contributed by atoms with Gasteiger partial charge < -0.3 is 15.3 Å². The highest BCUT2D eigenvalue weighted by Crippen LogP contribution is 2.26. The van der Waals surface area contributed by atoms with Gasteiger partial charge in [-0.25, -0.2) is 0 Å². The molecule has 0 radical (unpaired) electrons. The Bertz CT molecular complexity index is 777. The first kappa shape index (κ1) is 18.2. The number of nitro groups is 1. The van der Waals surface area contributed by atoms with Gasteiger partial charge in [0.25, 0.3) is 5.69 Å². The highest BCUT2D eigenvalue weighted by molar-refractivity contribution is 5.66. The predicted molar refractivity (Wildman–Crippen MR) is 89.2 cm³/mol. The minimum atomic E-state index is -0.981. The number of hydrogen-bond donors (Lipinski definition) is 3. The highest BCUT2D eigenvalue weighted by Gasteiger charge is 2.16. The van der Waals surface area contributed by atoms with Gasteiger partial charge in [-0.2, -0.15) is 0 Å². The Kier molecular flexibility index (Phi) is 5.91. The number of hydrogen-bond acceptors (Lipinski definition) is 6. The molecule has 2 aromatic carbocycles. The molecule has 132 valence electrons. The number of phenolic OH excluding ortho intramolecular Hbond substituents is 2. The van der Waals surface area contributed by atoms with E-state index < -0.39 is 10.9 Å². The maximum atomic E-state index is 10.9. The van der Waals surface area contributed by atoms with Gasteiger partial charge in [0.15, 0.2) is 0 Å². The molecule has 0 saturated heterocycles. The van der Waals surface area contributed by atoms with Crippen molar-refractivity contribution >= 4 is 11.7 Å². The van der Waals surface area contributed by atoms with Gasteiger partial charge in [-0.05, 0) is 12.1 Å². The average molecular weight is 346 g/mol. The lowest BCUT2D eigenvalue weighted by Crippen LogP contribution is -2.25. The largest absolute Gasteiger partial charge is 0.508 e. The third kappa shape index (κ3) is 5.18. The summed E-state index contributed by atoms with van der Waals surface area (Å²) >= 11 is 0. The van der Waals surface area contributed by atoms with Crippen molar-refractivity contribution in [2.75, 3.05) is 6.54 Å². The van der Waals surface area contributed by atoms with Crippen molar-refractivity contribution < 1.29 is 25.0 Å². The summed E-state index contributed by atoms with van der Waals surface area (Å²) in [4.78, 5) is 22.9. The number of aromatic hydroxyl groups is 2. The number of aliphatic carboxylic acids is 1. The van der Waals surface area contributed by atoms with Crippen LogP contribution in [0.5, 0.6) is 11.5 Å². The van der Waals surface area contributed by atoms with Crippen LogP contribution < -0.4 is 0 Å². The standard InChI is InChI=1S/C17H18N2O6/c20-15-4-2-1-3-12(15)10-18(8-7-17(22)23)11-13-9-14(19(24)25)5-6-16(13)21/h1-6,9,20-21H,7-8,10-11H2,(H,22,23). The Morgan fingerprint density at radius 2 is 1.68 bits per heavy atom. The van der Waals surface area contributed by atoms with E-state index in [1.165, 1.54) is 24.3 Å². The highest BCUT2D eigenvalue weighted by atomic mass is 16.6. The number of phenols is 2. The van der Waals surface area contributed by atoms with Gasteiger partial charge in [-0.1, -0.05) is 18.2 Å². The van der Waals surface area contributed by atoms with E-state index in [9.17, 15) is 25.1 Å². The molecule has 0 saturated carbocycles. The van der Waals surface area contributed by atoms with Gasteiger partial charge in [-0.15, -0.1) is 0 Å². The fourth-order valence-corrected chi connectivity index (χ4v) is 2.41. The van der Waals surface area contributed by atoms with E-state index in [-0.39, 0.29) is 43.2 Å². The van der Waals surface area contributed by atoms with Crippen molar-refractivity contribution in [2.45, 2.75) is 19.5 Å². The number of carboxylic acids is 1. The number of carboxylic acid groups (broad SMARTS) is 1. The summed E-state index contributed by atoms with van der Waals surface area (Å²) in [6.07, 6.45) is -0.136. The lowest BCUT2D eigenvalue weighted by molar-refractivity contribution is -0.385. The minimum Gasteiger partial charge on any atom is -0.508 e. The molecular formula is C17H18N2O6. The number of nitrogens with zero attached hydrogens (tertiary/aromatic N) is 2. The third-order valence-corrected chi connectivity index (χ3v) is 3.70. The fraction of sp³-hybridized carbons (Fsp3) is 0.235. The number of non-ortho nitro benzene ring substituents is 1. The Hall–Kier alpha value is -3.13. The minimum absolute atomic E-state index is 0.0751. The number of benzene rings is 2. The van der Waals surface area contributed by atoms with Crippen LogP contribution in [0.25, 0.3) is 0 Å². The molecule has 2 aromatic rings. The second-order valence-corrected chi connectivity index (χ2v) is 5.55. The van der Waals surface area contributed by atoms with E-state index in [1.54, 1.807) is 23.1 Å². The van der Waals surface area contributed by atoms with Crippen molar-refractivity contribution in [3.63, 3.8) is 0 Å². The van der Waals surface area contributed by atoms with Crippen LogP contribution in [0.2, 0.25) is 0 Å². The zero-order valence-corrected chi connectivity index (χ0v) is 13.3. The van der Waals surface area contributed by atoms with Gasteiger partial charge in [0.1, 0.15) is 11.5 Å². The van der Waals surface area contributed by atoms with Crippen molar-refractivity contribution in [3.8, 4) is 11.5 Å². The molecule has 2 rings (SSSR count). The lowest BCUT2D eigenvalue weighted by atomic mass is 10.1. The summed E-state index contributed by atoms with van der Waals surface area (Å²) in [6.45, 7) is 0.503. The first-order valence-electron chi connectivity index (χ1n) is 7.54. The van der Waals surface area contributed by atoms with Crippen LogP contribution in [0.3, 0.4) is 0 Å². The number of rotatable bonds is 8. The fourth-order valence-electron chi connectivity index (χ4n) is 2.41. The molecule has 0 aliphatic carbocycles. The average Bonchev–Trinajstić information content (AvgIpc) is 2.56. The maximum Gasteiger partial charge on any atom is 0.304 e. The molecule has 0 heterocycles. The SMILES string of the molecule is O=C(O)CCN(Cc1ccccc1O)Cc1cc([N+](=O)[O-])ccc1O. The van der Waals surface area contributed by atoms with Crippen LogP contribution in [0.15, 0.2) is 42.5 Å². The molecule has 0 unspecified atom stereocenters. The topological polar surface area (TPSA) is 124 Å². The molecule has 8 nitrogen and oxygen atoms in total. The van der Waals surface area contributed by atoms with Gasteiger partial charge >= 0.3 is 5.97 Å². The molecule has 0 spiro atoms. The van der Waals surface area contributed by atoms with Gasteiger partial charge in [0, 0.05) is 42.9 Å². The molecule has 8 heteroatoms. The molecule has 0 atom stereocenters. The van der Waals surface area contributed by atoms with Crippen molar-refractivity contribution in [2.24, 2.45) is 0 Å². The lowest BCUT2D eigenvalue weighted by Gasteiger charge is -2.22. The Labute approximate surface area is 143 Å². The van der Waals surface area contributed by atoms with E-state index in [0.717, 1.165) is 0 Å². The van der Waals surface area contributed by atoms with Crippen LogP contribution in [-0.2, 0) is 17.9 Å². The summed E-state index contributed by atoms with van der Waals surface area (Å²) in [5.41, 5.74) is 0.751. The van der Waals surface area contributed by atoms with E-state index in [4.69, 9.17) is 5.11 Å². The Morgan fingerprint density at radius 3 is 2.32 bits per heavy atom. The third-order valence-electron chi connectivity index (χ3n) is 3.70. The number of para-hydroxylation sites is 1. The van der Waals surface area contributed by atoms with Gasteiger partial charge in [-0.3, -0.25) is 19.8 Å². The molecule has 0 amide bonds. The van der Waals surface area contributed by atoms with E-state index in [0.29, 0.717) is 11.1 Å². The number of carbonyl (C=O) groups is 1. The summed E-state index contributed by atoms with van der Waals surface area (Å²) in [5, 5.41) is 39.6. The summed E-state index contributed by atoms with van der Waals surface area (Å²) in [7, 11) is 0. The predicted octanol–water partition coefficient (Wildman–Crippen LogP) is 2.48. The molecule has 0 aliphatic rings. The summed E-state index contributed by atoms with van der Waals surface area (Å²) < 4.78 is 0. The zero-order chi connectivity index (χ0) is 18.4. The molecule has 3 N–H and O–H groups in total. The molecule has 0 fully saturated rings. The quantitative estimate of drug-likeness (QED) is 0.495. The Morgan fingerprint density at radius 1 is 1.04 bits per heavy atom. The van der Waals surface area contributed by atoms with Crippen molar-refractivity contribution in [3.05, 3.63) is 63.7 Å². The molecule has 0 aromatic heterocycles. The van der Waals surface area contributed by atoms with Crippen LogP contribution >= 0.6 is 0 Å². The second kappa shape index (κ2) is 8.11. The molecule has 25 heavy (non-hydrogen) atoms. The first-order chi connectivity index (χ1) is 11.9. The number of nitro benzene ring substituents is 1. The van der Waals surface area contributed by atoms with Crippen molar-refractivity contribution in [1.29, 1.82) is 0 Å². The summed E-state index contributed by atoms with van der Waals surface area (Å²) in [5.74, 6) is -1.01. The maximum absolute atomic E-state index is 10.9. The van der Waals surface area contributed by atoms with Gasteiger partial charge in [0.05, 0.1) is 11.3 Å². The van der Waals surface area contributed by atoms with E-state index in [1.807, 2.05) is 0 Å². The molecule has 0 aliphatic heterocycles. The Balaban J connectivity index is 2.24. The van der Waals surface area contributed by atoms with E-state index in [2.05, 4.69) is 0 Å². The monoisotopic (exact) mass is 346 g/mol. The smallest absolute Gasteiger partial charge is 0.304 e. The van der Waals surface area contributed by atoms with E-state index >= 15 is 0 Å². The molecular weight excluding hydrogens is 328 g/mol. The van der Waals surface area contributed by atoms with Crippen LogP contribution in [-0.4, -0.2) is 37.7 Å². The van der Waals surface area contributed by atoms with Crippen LogP contribution in [0, 0.1) is 10.1 Å². The first-order valence-corrected chi connectivity index (χ1v) is 7.54. The van der Waals surface area contributed by atoms with Gasteiger partial charge in [0.2, 0.25) is 0 Å². The summed E-state index contributed by atoms with van der Waals surface area (Å²) in [6, 6.07) is 10.3. The molecule has 0 bridgehead atoms. The second-order valence-electron chi connectivity index (χ2n) is 5.55. The van der Waals surface area contributed by atoms with Crippen molar-refractivity contribution in [1.82, 2.24) is 4.90 Å².